The van der Waals surface area contributed by atoms with Crippen LogP contribution < -0.4 is 0 Å². The van der Waals surface area contributed by atoms with Crippen LogP contribution in [0.25, 0.3) is 0 Å². The summed E-state index contributed by atoms with van der Waals surface area (Å²) in [5.41, 5.74) is 3.81. The number of hydrogen-bond acceptors (Lipinski definition) is 1. The summed E-state index contributed by atoms with van der Waals surface area (Å²) in [5.74, 6) is 0.481. The van der Waals surface area contributed by atoms with E-state index in [2.05, 4.69) is 56.5 Å². The minimum absolute atomic E-state index is 0.481. The summed E-state index contributed by atoms with van der Waals surface area (Å²) < 4.78 is 0. The first-order valence-corrected chi connectivity index (χ1v) is 5.28. The molecule has 2 aliphatic rings. The topological polar surface area (TPSA) is 0 Å². The zero-order valence-corrected chi connectivity index (χ0v) is 9.22. The predicted molar refractivity (Wildman–Crippen MR) is 65.3 cm³/mol. The van der Waals surface area contributed by atoms with Crippen LogP contribution in [0.2, 0.25) is 0 Å². The van der Waals surface area contributed by atoms with Crippen LogP contribution >= 0.6 is 12.6 Å². The van der Waals surface area contributed by atoms with E-state index in [1.54, 1.807) is 0 Å². The lowest BCUT2D eigenvalue weighted by atomic mass is 9.79. The molecule has 0 bridgehead atoms. The Labute approximate surface area is 90.8 Å². The summed E-state index contributed by atoms with van der Waals surface area (Å²) >= 11 is 4.49. The zero-order valence-electron chi connectivity index (χ0n) is 8.33. The van der Waals surface area contributed by atoms with E-state index < -0.39 is 0 Å². The SMILES string of the molecule is C=C(C)C1=C(S)C=CC2=CC=CCC21. The van der Waals surface area contributed by atoms with Gasteiger partial charge in [0, 0.05) is 10.8 Å². The fourth-order valence-electron chi connectivity index (χ4n) is 2.06. The second-order valence-corrected chi connectivity index (χ2v) is 4.28. The largest absolute Gasteiger partial charge is 0.143 e. The Kier molecular flexibility index (Phi) is 2.51. The van der Waals surface area contributed by atoms with Crippen molar-refractivity contribution in [2.24, 2.45) is 5.92 Å². The number of allylic oxidation sites excluding steroid dienone is 8. The summed E-state index contributed by atoms with van der Waals surface area (Å²) in [6, 6.07) is 0. The Balaban J connectivity index is 2.47. The van der Waals surface area contributed by atoms with E-state index in [4.69, 9.17) is 0 Å². The molecule has 14 heavy (non-hydrogen) atoms. The van der Waals surface area contributed by atoms with E-state index in [9.17, 15) is 0 Å². The molecule has 0 aromatic carbocycles. The highest BCUT2D eigenvalue weighted by Crippen LogP contribution is 2.38. The first-order chi connectivity index (χ1) is 6.70. The van der Waals surface area contributed by atoms with E-state index in [-0.39, 0.29) is 0 Å². The second-order valence-electron chi connectivity index (χ2n) is 3.80. The molecule has 1 heteroatoms. The summed E-state index contributed by atoms with van der Waals surface area (Å²) in [5, 5.41) is 0. The lowest BCUT2D eigenvalue weighted by Crippen LogP contribution is -2.12. The smallest absolute Gasteiger partial charge is 0.0137 e. The fourth-order valence-corrected chi connectivity index (χ4v) is 2.48. The molecular formula is C13H14S. The molecule has 0 saturated carbocycles. The Morgan fingerprint density at radius 1 is 1.50 bits per heavy atom. The van der Waals surface area contributed by atoms with Crippen molar-refractivity contribution in [2.45, 2.75) is 13.3 Å². The number of fused-ring (bicyclic) bond motifs is 1. The van der Waals surface area contributed by atoms with Crippen molar-refractivity contribution in [3.05, 3.63) is 58.6 Å². The Morgan fingerprint density at radius 2 is 2.29 bits per heavy atom. The third-order valence-electron chi connectivity index (χ3n) is 2.72. The van der Waals surface area contributed by atoms with E-state index in [0.29, 0.717) is 5.92 Å². The van der Waals surface area contributed by atoms with Crippen LogP contribution in [0.5, 0.6) is 0 Å². The van der Waals surface area contributed by atoms with Gasteiger partial charge in [-0.1, -0.05) is 36.5 Å². The van der Waals surface area contributed by atoms with Gasteiger partial charge in [0.05, 0.1) is 0 Å². The zero-order chi connectivity index (χ0) is 10.1. The van der Waals surface area contributed by atoms with Crippen LogP contribution in [0, 0.1) is 5.92 Å². The molecule has 0 N–H and O–H groups in total. The van der Waals surface area contributed by atoms with Crippen molar-refractivity contribution in [1.82, 2.24) is 0 Å². The van der Waals surface area contributed by atoms with Gasteiger partial charge in [-0.05, 0) is 30.6 Å². The van der Waals surface area contributed by atoms with Gasteiger partial charge in [0.1, 0.15) is 0 Å². The van der Waals surface area contributed by atoms with Crippen LogP contribution in [0.15, 0.2) is 58.6 Å². The summed E-state index contributed by atoms with van der Waals surface area (Å²) in [4.78, 5) is 1.06. The van der Waals surface area contributed by atoms with Crippen molar-refractivity contribution in [2.75, 3.05) is 0 Å². The lowest BCUT2D eigenvalue weighted by Gasteiger charge is -2.27. The highest BCUT2D eigenvalue weighted by molar-refractivity contribution is 7.84. The quantitative estimate of drug-likeness (QED) is 0.614. The van der Waals surface area contributed by atoms with Gasteiger partial charge in [-0.3, -0.25) is 0 Å². The molecule has 0 spiro atoms. The molecule has 2 rings (SSSR count). The van der Waals surface area contributed by atoms with Crippen molar-refractivity contribution < 1.29 is 0 Å². The molecule has 0 fully saturated rings. The number of rotatable bonds is 1. The molecule has 0 aromatic rings. The van der Waals surface area contributed by atoms with Gasteiger partial charge in [-0.15, -0.1) is 12.6 Å². The van der Waals surface area contributed by atoms with Gasteiger partial charge < -0.3 is 0 Å². The molecule has 0 aromatic heterocycles. The maximum atomic E-state index is 4.49. The van der Waals surface area contributed by atoms with Gasteiger partial charge in [0.2, 0.25) is 0 Å². The van der Waals surface area contributed by atoms with Crippen LogP contribution in [-0.2, 0) is 0 Å². The summed E-state index contributed by atoms with van der Waals surface area (Å²) in [6.45, 7) is 6.08. The second kappa shape index (κ2) is 3.66. The monoisotopic (exact) mass is 202 g/mol. The minimum Gasteiger partial charge on any atom is -0.143 e. The maximum absolute atomic E-state index is 4.49. The minimum atomic E-state index is 0.481. The summed E-state index contributed by atoms with van der Waals surface area (Å²) in [7, 11) is 0. The van der Waals surface area contributed by atoms with Crippen LogP contribution in [-0.4, -0.2) is 0 Å². The van der Waals surface area contributed by atoms with Crippen molar-refractivity contribution in [1.29, 1.82) is 0 Å². The van der Waals surface area contributed by atoms with E-state index in [1.165, 1.54) is 11.1 Å². The molecule has 72 valence electrons. The molecule has 1 atom stereocenters. The molecule has 1 unspecified atom stereocenters. The third-order valence-corrected chi connectivity index (χ3v) is 3.11. The summed E-state index contributed by atoms with van der Waals surface area (Å²) in [6.07, 6.45) is 11.8. The van der Waals surface area contributed by atoms with Gasteiger partial charge in [0.25, 0.3) is 0 Å². The van der Waals surface area contributed by atoms with Crippen LogP contribution in [0.3, 0.4) is 0 Å². The van der Waals surface area contributed by atoms with Gasteiger partial charge in [0.15, 0.2) is 0 Å². The maximum Gasteiger partial charge on any atom is 0.0137 e. The lowest BCUT2D eigenvalue weighted by molar-refractivity contribution is 0.734. The first kappa shape index (κ1) is 9.60. The third kappa shape index (κ3) is 1.53. The van der Waals surface area contributed by atoms with Crippen molar-refractivity contribution in [3.8, 4) is 0 Å². The first-order valence-electron chi connectivity index (χ1n) is 4.84. The van der Waals surface area contributed by atoms with E-state index >= 15 is 0 Å². The highest BCUT2D eigenvalue weighted by atomic mass is 32.1. The van der Waals surface area contributed by atoms with E-state index in [1.807, 2.05) is 0 Å². The Bertz CT molecular complexity index is 391. The van der Waals surface area contributed by atoms with E-state index in [0.717, 1.165) is 16.9 Å². The van der Waals surface area contributed by atoms with Gasteiger partial charge in [-0.25, -0.2) is 0 Å². The molecule has 0 heterocycles. The molecule has 0 nitrogen and oxygen atoms in total. The molecule has 0 saturated heterocycles. The number of hydrogen-bond donors (Lipinski definition) is 1. The Morgan fingerprint density at radius 3 is 3.00 bits per heavy atom. The van der Waals surface area contributed by atoms with Gasteiger partial charge in [-0.2, -0.15) is 0 Å². The number of thiol groups is 1. The average molecular weight is 202 g/mol. The van der Waals surface area contributed by atoms with Crippen molar-refractivity contribution >= 4 is 12.6 Å². The normalized spacial score (nSPS) is 24.7. The predicted octanol–water partition coefficient (Wildman–Crippen LogP) is 3.82. The Hall–Kier alpha value is -0.950. The molecule has 0 amide bonds. The van der Waals surface area contributed by atoms with Crippen LogP contribution in [0.4, 0.5) is 0 Å². The highest BCUT2D eigenvalue weighted by Gasteiger charge is 2.23. The van der Waals surface area contributed by atoms with Crippen LogP contribution in [0.1, 0.15) is 13.3 Å². The van der Waals surface area contributed by atoms with Gasteiger partial charge >= 0.3 is 0 Å². The molecule has 2 aliphatic carbocycles. The average Bonchev–Trinajstić information content (AvgIpc) is 2.17. The standard InChI is InChI=1S/C13H14S/c1-9(2)13-11-6-4-3-5-10(11)7-8-12(13)14/h3-5,7-8,11,14H,1,6H2,2H3. The molecule has 0 radical (unpaired) electrons. The molecular weight excluding hydrogens is 188 g/mol. The van der Waals surface area contributed by atoms with Crippen molar-refractivity contribution in [3.63, 3.8) is 0 Å². The molecule has 0 aliphatic heterocycles. The fraction of sp³-hybridized carbons (Fsp3) is 0.231.